The zero-order valence-electron chi connectivity index (χ0n) is 11.8. The lowest BCUT2D eigenvalue weighted by atomic mass is 9.95. The van der Waals surface area contributed by atoms with E-state index >= 15 is 0 Å². The topological polar surface area (TPSA) is 86.8 Å². The molecule has 0 spiro atoms. The highest BCUT2D eigenvalue weighted by atomic mass is 16.2. The van der Waals surface area contributed by atoms with Crippen molar-refractivity contribution in [1.29, 1.82) is 0 Å². The Labute approximate surface area is 122 Å². The Morgan fingerprint density at radius 3 is 2.14 bits per heavy atom. The Bertz CT molecular complexity index is 484. The molecule has 3 fully saturated rings. The molecule has 0 bridgehead atoms. The van der Waals surface area contributed by atoms with Gasteiger partial charge < -0.3 is 9.80 Å². The van der Waals surface area contributed by atoms with E-state index in [9.17, 15) is 19.2 Å². The van der Waals surface area contributed by atoms with E-state index < -0.39 is 11.8 Å². The van der Waals surface area contributed by atoms with Crippen LogP contribution in [0.2, 0.25) is 0 Å². The third-order valence-electron chi connectivity index (χ3n) is 4.27. The Kier molecular flexibility index (Phi) is 3.65. The van der Waals surface area contributed by atoms with Crippen molar-refractivity contribution in [3.8, 4) is 0 Å². The molecule has 2 saturated heterocycles. The third kappa shape index (κ3) is 3.06. The van der Waals surface area contributed by atoms with Crippen molar-refractivity contribution in [3.63, 3.8) is 0 Å². The highest BCUT2D eigenvalue weighted by Gasteiger charge is 2.38. The fraction of sp³-hybridized carbons (Fsp3) is 0.714. The van der Waals surface area contributed by atoms with Gasteiger partial charge in [-0.15, -0.1) is 0 Å². The van der Waals surface area contributed by atoms with Crippen LogP contribution in [0.25, 0.3) is 0 Å². The number of piperazine rings is 1. The molecule has 3 aliphatic rings. The molecule has 0 aromatic heterocycles. The van der Waals surface area contributed by atoms with Gasteiger partial charge in [0.2, 0.25) is 23.6 Å². The second kappa shape index (κ2) is 5.46. The summed E-state index contributed by atoms with van der Waals surface area (Å²) < 4.78 is 0. The van der Waals surface area contributed by atoms with E-state index in [1.165, 1.54) is 4.90 Å². The number of nitrogens with one attached hydrogen (secondary N) is 1. The number of piperidine rings is 1. The molecule has 114 valence electrons. The first kappa shape index (κ1) is 14.0. The van der Waals surface area contributed by atoms with Crippen molar-refractivity contribution < 1.29 is 19.2 Å². The van der Waals surface area contributed by atoms with Gasteiger partial charge in [0.15, 0.2) is 0 Å². The van der Waals surface area contributed by atoms with Crippen LogP contribution in [0.15, 0.2) is 0 Å². The molecule has 7 nitrogen and oxygen atoms in total. The van der Waals surface area contributed by atoms with Gasteiger partial charge in [0.25, 0.3) is 0 Å². The molecule has 2 heterocycles. The number of hydrogen-bond donors (Lipinski definition) is 1. The first-order valence-corrected chi connectivity index (χ1v) is 7.45. The van der Waals surface area contributed by atoms with Crippen LogP contribution < -0.4 is 5.32 Å². The van der Waals surface area contributed by atoms with Crippen LogP contribution >= 0.6 is 0 Å². The summed E-state index contributed by atoms with van der Waals surface area (Å²) in [5.74, 6) is -1.06. The number of carbonyl (C=O) groups is 4. The molecule has 0 aromatic rings. The minimum absolute atomic E-state index is 0.0718. The second-order valence-electron chi connectivity index (χ2n) is 6.06. The average Bonchev–Trinajstić information content (AvgIpc) is 3.29. The van der Waals surface area contributed by atoms with Gasteiger partial charge in [0.05, 0.1) is 5.92 Å². The molecule has 1 saturated carbocycles. The number of imide groups is 1. The van der Waals surface area contributed by atoms with E-state index in [4.69, 9.17) is 0 Å². The third-order valence-corrected chi connectivity index (χ3v) is 4.27. The molecule has 3 rings (SSSR count). The molecule has 1 atom stereocenters. The van der Waals surface area contributed by atoms with E-state index in [2.05, 4.69) is 5.32 Å². The largest absolute Gasteiger partial charge is 0.342 e. The van der Waals surface area contributed by atoms with Crippen LogP contribution in [0.1, 0.15) is 25.7 Å². The van der Waals surface area contributed by atoms with Crippen LogP contribution in [0.3, 0.4) is 0 Å². The first-order valence-electron chi connectivity index (χ1n) is 7.45. The summed E-state index contributed by atoms with van der Waals surface area (Å²) in [5, 5.41) is 2.18. The highest BCUT2D eigenvalue weighted by molar-refractivity contribution is 6.02. The minimum Gasteiger partial charge on any atom is -0.342 e. The summed E-state index contributed by atoms with van der Waals surface area (Å²) >= 11 is 0. The summed E-state index contributed by atoms with van der Waals surface area (Å²) in [6.45, 7) is 0.980. The van der Waals surface area contributed by atoms with Gasteiger partial charge in [-0.3, -0.25) is 24.5 Å². The van der Waals surface area contributed by atoms with Crippen molar-refractivity contribution in [3.05, 3.63) is 0 Å². The number of amides is 4. The maximum Gasteiger partial charge on any atom is 0.246 e. The molecular weight excluding hydrogens is 274 g/mol. The van der Waals surface area contributed by atoms with Gasteiger partial charge in [-0.05, 0) is 25.7 Å². The highest BCUT2D eigenvalue weighted by Crippen LogP contribution is 2.32. The van der Waals surface area contributed by atoms with Crippen LogP contribution in [-0.2, 0) is 19.2 Å². The number of nitrogens with zero attached hydrogens (tertiary/aromatic N) is 2. The van der Waals surface area contributed by atoms with Gasteiger partial charge in [-0.25, -0.2) is 0 Å². The maximum atomic E-state index is 12.5. The number of hydrogen-bond acceptors (Lipinski definition) is 4. The van der Waals surface area contributed by atoms with Crippen molar-refractivity contribution in [2.45, 2.75) is 25.7 Å². The molecule has 1 N–H and O–H groups in total. The predicted octanol–water partition coefficient (Wildman–Crippen LogP) is -0.880. The summed E-state index contributed by atoms with van der Waals surface area (Å²) in [6.07, 6.45) is 3.41. The fourth-order valence-corrected chi connectivity index (χ4v) is 3.02. The van der Waals surface area contributed by atoms with Crippen molar-refractivity contribution >= 4 is 23.6 Å². The first-order chi connectivity index (χ1) is 10.0. The molecule has 7 heteroatoms. The van der Waals surface area contributed by atoms with Crippen molar-refractivity contribution in [2.75, 3.05) is 26.2 Å². The van der Waals surface area contributed by atoms with Crippen molar-refractivity contribution in [2.24, 2.45) is 11.8 Å². The molecule has 1 aliphatic carbocycles. The van der Waals surface area contributed by atoms with Gasteiger partial charge in [0.1, 0.15) is 13.1 Å². The lowest BCUT2D eigenvalue weighted by molar-refractivity contribution is -0.150. The average molecular weight is 293 g/mol. The maximum absolute atomic E-state index is 12.5. The molecule has 0 aromatic carbocycles. The molecule has 4 amide bonds. The number of carbonyl (C=O) groups excluding carboxylic acids is 4. The lowest BCUT2D eigenvalue weighted by Crippen LogP contribution is -2.56. The smallest absolute Gasteiger partial charge is 0.246 e. The van der Waals surface area contributed by atoms with Crippen LogP contribution in [0, 0.1) is 11.8 Å². The van der Waals surface area contributed by atoms with E-state index in [1.54, 1.807) is 4.90 Å². The molecule has 2 aliphatic heterocycles. The van der Waals surface area contributed by atoms with Gasteiger partial charge in [0, 0.05) is 19.0 Å². The summed E-state index contributed by atoms with van der Waals surface area (Å²) in [4.78, 5) is 50.3. The van der Waals surface area contributed by atoms with Crippen molar-refractivity contribution in [1.82, 2.24) is 15.1 Å². The Balaban J connectivity index is 1.62. The lowest BCUT2D eigenvalue weighted by Gasteiger charge is -2.35. The van der Waals surface area contributed by atoms with Gasteiger partial charge in [-0.2, -0.15) is 0 Å². The van der Waals surface area contributed by atoms with Gasteiger partial charge >= 0.3 is 0 Å². The van der Waals surface area contributed by atoms with E-state index in [0.29, 0.717) is 19.5 Å². The summed E-state index contributed by atoms with van der Waals surface area (Å²) in [6, 6.07) is 0. The number of rotatable bonds is 2. The normalized spacial score (nSPS) is 26.6. The van der Waals surface area contributed by atoms with Gasteiger partial charge in [-0.1, -0.05) is 0 Å². The van der Waals surface area contributed by atoms with Crippen LogP contribution in [0.4, 0.5) is 0 Å². The second-order valence-corrected chi connectivity index (χ2v) is 6.06. The molecular formula is C14H19N3O4. The van der Waals surface area contributed by atoms with E-state index in [-0.39, 0.29) is 36.7 Å². The minimum atomic E-state index is -0.443. The predicted molar refractivity (Wildman–Crippen MR) is 71.8 cm³/mol. The zero-order valence-corrected chi connectivity index (χ0v) is 11.8. The molecule has 0 radical (unpaired) electrons. The monoisotopic (exact) mass is 293 g/mol. The van der Waals surface area contributed by atoms with Crippen LogP contribution in [0.5, 0.6) is 0 Å². The number of likely N-dealkylation sites (tertiary alicyclic amines) is 1. The fourth-order valence-electron chi connectivity index (χ4n) is 3.02. The molecule has 21 heavy (non-hydrogen) atoms. The quantitative estimate of drug-likeness (QED) is 0.670. The van der Waals surface area contributed by atoms with E-state index in [0.717, 1.165) is 19.3 Å². The molecule has 1 unspecified atom stereocenters. The van der Waals surface area contributed by atoms with E-state index in [1.807, 2.05) is 0 Å². The van der Waals surface area contributed by atoms with Crippen LogP contribution in [-0.4, -0.2) is 59.6 Å². The summed E-state index contributed by atoms with van der Waals surface area (Å²) in [7, 11) is 0. The summed E-state index contributed by atoms with van der Waals surface area (Å²) in [5.41, 5.74) is 0. The SMILES string of the molecule is O=C1CN(C(=O)C2CCCN(C(=O)C3CC3)C2)CC(=O)N1. The Morgan fingerprint density at radius 1 is 0.905 bits per heavy atom. The zero-order chi connectivity index (χ0) is 15.0. The Hall–Kier alpha value is -1.92. The Morgan fingerprint density at radius 2 is 1.52 bits per heavy atom. The standard InChI is InChI=1S/C14H19N3O4/c18-11-7-17(8-12(19)15-11)14(21)10-2-1-5-16(6-10)13(20)9-3-4-9/h9-10H,1-8H2,(H,15,18,19).